The summed E-state index contributed by atoms with van der Waals surface area (Å²) in [5.41, 5.74) is 1.23. The second kappa shape index (κ2) is 3.44. The Hall–Kier alpha value is -1.56. The molecular formula is C13H11. The molecule has 2 aromatic carbocycles. The molecule has 0 aliphatic rings. The van der Waals surface area contributed by atoms with E-state index in [-0.39, 0.29) is 0 Å². The van der Waals surface area contributed by atoms with Gasteiger partial charge in [0.2, 0.25) is 0 Å². The van der Waals surface area contributed by atoms with Crippen LogP contribution in [0.2, 0.25) is 0 Å². The highest BCUT2D eigenvalue weighted by Gasteiger charge is 1.96. The normalized spacial score (nSPS) is 10.2. The molecule has 0 spiro atoms. The first-order chi connectivity index (χ1) is 6.42. The number of hydrogen-bond acceptors (Lipinski definition) is 0. The molecule has 0 bridgehead atoms. The highest BCUT2D eigenvalue weighted by Crippen LogP contribution is 2.19. The van der Waals surface area contributed by atoms with Gasteiger partial charge in [0.1, 0.15) is 0 Å². The van der Waals surface area contributed by atoms with Crippen LogP contribution >= 0.6 is 0 Å². The van der Waals surface area contributed by atoms with Gasteiger partial charge in [0.15, 0.2) is 0 Å². The molecule has 0 amide bonds. The largest absolute Gasteiger partial charge is 0.102 e. The zero-order chi connectivity index (χ0) is 9.10. The van der Waals surface area contributed by atoms with Crippen LogP contribution in [0, 0.1) is 6.42 Å². The first-order valence-corrected chi connectivity index (χ1v) is 4.35. The minimum Gasteiger partial charge on any atom is -0.102 e. The number of rotatable bonds is 2. The summed E-state index contributed by atoms with van der Waals surface area (Å²) in [7, 11) is 0. The summed E-state index contributed by atoms with van der Waals surface area (Å²) in [5.74, 6) is 0. The lowest BCUT2D eigenvalue weighted by Gasteiger charge is -2.02. The Bertz CT molecular complexity index is 421. The Morgan fingerprint density at radius 2 is 1.85 bits per heavy atom. The van der Waals surface area contributed by atoms with Crippen molar-refractivity contribution in [3.63, 3.8) is 0 Å². The predicted molar refractivity (Wildman–Crippen MR) is 57.5 cm³/mol. The van der Waals surface area contributed by atoms with Crippen molar-refractivity contribution in [1.29, 1.82) is 0 Å². The van der Waals surface area contributed by atoms with E-state index >= 15 is 0 Å². The van der Waals surface area contributed by atoms with E-state index in [0.717, 1.165) is 0 Å². The fraction of sp³-hybridized carbons (Fsp3) is 0. The lowest BCUT2D eigenvalue weighted by Crippen LogP contribution is -1.80. The molecule has 63 valence electrons. The van der Waals surface area contributed by atoms with E-state index in [4.69, 9.17) is 0 Å². The number of hydrogen-bond donors (Lipinski definition) is 0. The average Bonchev–Trinajstić information content (AvgIpc) is 2.19. The van der Waals surface area contributed by atoms with Crippen LogP contribution in [-0.2, 0) is 0 Å². The van der Waals surface area contributed by atoms with Crippen molar-refractivity contribution < 1.29 is 0 Å². The Kier molecular flexibility index (Phi) is 2.13. The Balaban J connectivity index is 2.68. The van der Waals surface area contributed by atoms with Crippen molar-refractivity contribution in [3.8, 4) is 0 Å². The molecule has 0 N–H and O–H groups in total. The van der Waals surface area contributed by atoms with Gasteiger partial charge in [-0.05, 0) is 16.3 Å². The quantitative estimate of drug-likeness (QED) is 0.644. The van der Waals surface area contributed by atoms with Gasteiger partial charge in [-0.15, -0.1) is 6.58 Å². The zero-order valence-electron chi connectivity index (χ0n) is 7.40. The van der Waals surface area contributed by atoms with Gasteiger partial charge < -0.3 is 0 Å². The molecule has 2 aromatic rings. The van der Waals surface area contributed by atoms with Gasteiger partial charge in [-0.2, -0.15) is 0 Å². The van der Waals surface area contributed by atoms with Crippen molar-refractivity contribution in [2.75, 3.05) is 0 Å². The number of allylic oxidation sites excluding steroid dienone is 1. The molecule has 0 atom stereocenters. The van der Waals surface area contributed by atoms with Gasteiger partial charge in [0.25, 0.3) is 0 Å². The molecule has 0 saturated heterocycles. The molecule has 0 fully saturated rings. The van der Waals surface area contributed by atoms with E-state index in [1.54, 1.807) is 0 Å². The third-order valence-electron chi connectivity index (χ3n) is 2.12. The molecule has 0 aliphatic carbocycles. The van der Waals surface area contributed by atoms with E-state index in [9.17, 15) is 0 Å². The van der Waals surface area contributed by atoms with Crippen LogP contribution in [0.25, 0.3) is 10.8 Å². The smallest absolute Gasteiger partial charge is 0.0125 e. The maximum absolute atomic E-state index is 3.71. The van der Waals surface area contributed by atoms with Gasteiger partial charge in [-0.1, -0.05) is 48.5 Å². The van der Waals surface area contributed by atoms with Crippen LogP contribution in [0.1, 0.15) is 5.56 Å². The number of fused-ring (bicyclic) bond motifs is 1. The van der Waals surface area contributed by atoms with Crippen molar-refractivity contribution in [3.05, 3.63) is 67.1 Å². The molecule has 0 aromatic heterocycles. The summed E-state index contributed by atoms with van der Waals surface area (Å²) in [6, 6.07) is 14.7. The molecule has 0 unspecified atom stereocenters. The lowest BCUT2D eigenvalue weighted by molar-refractivity contribution is 1.58. The Morgan fingerprint density at radius 3 is 2.69 bits per heavy atom. The van der Waals surface area contributed by atoms with E-state index < -0.39 is 0 Å². The fourth-order valence-electron chi connectivity index (χ4n) is 1.52. The van der Waals surface area contributed by atoms with Gasteiger partial charge in [-0.3, -0.25) is 0 Å². The predicted octanol–water partition coefficient (Wildman–Crippen LogP) is 3.58. The van der Waals surface area contributed by atoms with Gasteiger partial charge in [-0.25, -0.2) is 0 Å². The standard InChI is InChI=1S/C13H11/c1-2-6-11-8-5-9-12-7-3-4-10-13(11)12/h2-10H,1H2/i11+2. The third kappa shape index (κ3) is 1.48. The van der Waals surface area contributed by atoms with Gasteiger partial charge in [0, 0.05) is 6.42 Å². The summed E-state index contributed by atoms with van der Waals surface area (Å²) < 4.78 is 0. The van der Waals surface area contributed by atoms with Gasteiger partial charge in [0.05, 0.1) is 0 Å². The molecule has 1 radical (unpaired) electrons. The first kappa shape index (κ1) is 8.06. The molecule has 0 heteroatoms. The Morgan fingerprint density at radius 1 is 1.08 bits per heavy atom. The summed E-state index contributed by atoms with van der Waals surface area (Å²) >= 11 is 0. The van der Waals surface area contributed by atoms with Crippen LogP contribution in [-0.4, -0.2) is 0 Å². The highest BCUT2D eigenvalue weighted by molar-refractivity contribution is 5.86. The summed E-state index contributed by atoms with van der Waals surface area (Å²) in [6.45, 7) is 3.71. The van der Waals surface area contributed by atoms with E-state index in [1.165, 1.54) is 16.3 Å². The molecule has 0 aliphatic heterocycles. The molecule has 0 heterocycles. The van der Waals surface area contributed by atoms with E-state index in [1.807, 2.05) is 12.5 Å². The van der Waals surface area contributed by atoms with Crippen LogP contribution in [0.4, 0.5) is 0 Å². The van der Waals surface area contributed by atoms with Crippen molar-refractivity contribution in [2.45, 2.75) is 0 Å². The monoisotopic (exact) mass is 169 g/mol. The minimum absolute atomic E-state index is 1.23. The molecular weight excluding hydrogens is 158 g/mol. The van der Waals surface area contributed by atoms with Crippen LogP contribution in [0.15, 0.2) is 55.1 Å². The zero-order valence-corrected chi connectivity index (χ0v) is 7.40. The second-order valence-corrected chi connectivity index (χ2v) is 2.97. The molecule has 2 rings (SSSR count). The highest BCUT2D eigenvalue weighted by atomic mass is 14.9. The van der Waals surface area contributed by atoms with Crippen molar-refractivity contribution in [2.24, 2.45) is 0 Å². The molecule has 13 heavy (non-hydrogen) atoms. The summed E-state index contributed by atoms with van der Waals surface area (Å²) in [5, 5.41) is 2.56. The van der Waals surface area contributed by atoms with Crippen molar-refractivity contribution in [1.82, 2.24) is 0 Å². The van der Waals surface area contributed by atoms with Crippen LogP contribution < -0.4 is 0 Å². The second-order valence-electron chi connectivity index (χ2n) is 2.97. The topological polar surface area (TPSA) is 0 Å². The minimum atomic E-state index is 1.23. The summed E-state index contributed by atoms with van der Waals surface area (Å²) in [6.07, 6.45) is 3.85. The molecule has 0 nitrogen and oxygen atoms in total. The Labute approximate surface area is 78.5 Å². The van der Waals surface area contributed by atoms with Crippen LogP contribution in [0.3, 0.4) is 0 Å². The SMILES string of the molecule is C=C[CH][14c]1cccc2ccccc21. The first-order valence-electron chi connectivity index (χ1n) is 4.35. The van der Waals surface area contributed by atoms with E-state index in [0.29, 0.717) is 0 Å². The fourth-order valence-corrected chi connectivity index (χ4v) is 1.52. The van der Waals surface area contributed by atoms with Gasteiger partial charge >= 0.3 is 0 Å². The lowest BCUT2D eigenvalue weighted by atomic mass is 10.2. The van der Waals surface area contributed by atoms with Crippen molar-refractivity contribution >= 4 is 10.8 Å². The summed E-state index contributed by atoms with van der Waals surface area (Å²) in [4.78, 5) is 0. The maximum atomic E-state index is 3.71. The number of benzene rings is 2. The molecule has 0 saturated carbocycles. The maximum Gasteiger partial charge on any atom is 0.0125 e. The van der Waals surface area contributed by atoms with Crippen LogP contribution in [0.5, 0.6) is 0 Å². The average molecular weight is 169 g/mol. The third-order valence-corrected chi connectivity index (χ3v) is 2.12. The van der Waals surface area contributed by atoms with E-state index in [2.05, 4.69) is 49.0 Å².